The van der Waals surface area contributed by atoms with Crippen molar-refractivity contribution in [3.63, 3.8) is 0 Å². The number of halogens is 1. The lowest BCUT2D eigenvalue weighted by Gasteiger charge is -2.10. The third-order valence-electron chi connectivity index (χ3n) is 2.78. The molecule has 1 heterocycles. The summed E-state index contributed by atoms with van der Waals surface area (Å²) in [6.45, 7) is 1.03. The van der Waals surface area contributed by atoms with Crippen molar-refractivity contribution in [3.8, 4) is 0 Å². The number of H-pyrrole nitrogens is 1. The molecule has 2 N–H and O–H groups in total. The zero-order chi connectivity index (χ0) is 14.6. The summed E-state index contributed by atoms with van der Waals surface area (Å²) >= 11 is 6.08. The number of hydrogen-bond acceptors (Lipinski definition) is 5. The second-order valence-electron chi connectivity index (χ2n) is 4.35. The maximum Gasteiger partial charge on any atom is 0.175 e. The van der Waals surface area contributed by atoms with Gasteiger partial charge in [-0.2, -0.15) is 5.10 Å². The summed E-state index contributed by atoms with van der Waals surface area (Å²) in [4.78, 5) is 4.27. The maximum atomic E-state index is 11.7. The molecule has 20 heavy (non-hydrogen) atoms. The molecule has 0 aliphatic carbocycles. The first-order valence-corrected chi connectivity index (χ1v) is 8.28. The van der Waals surface area contributed by atoms with Crippen molar-refractivity contribution in [2.45, 2.75) is 17.9 Å². The Morgan fingerprint density at radius 3 is 2.85 bits per heavy atom. The second-order valence-corrected chi connectivity index (χ2v) is 6.74. The van der Waals surface area contributed by atoms with Gasteiger partial charge in [0.05, 0.1) is 4.90 Å². The summed E-state index contributed by atoms with van der Waals surface area (Å²) in [6.07, 6.45) is 3.31. The minimum absolute atomic E-state index is 0.261. The summed E-state index contributed by atoms with van der Waals surface area (Å²) in [6, 6.07) is 4.88. The molecule has 2 rings (SSSR count). The molecule has 0 unspecified atom stereocenters. The normalized spacial score (nSPS) is 11.7. The molecule has 8 heteroatoms. The van der Waals surface area contributed by atoms with E-state index >= 15 is 0 Å². The smallest absolute Gasteiger partial charge is 0.175 e. The number of rotatable bonds is 6. The van der Waals surface area contributed by atoms with E-state index in [0.29, 0.717) is 30.1 Å². The zero-order valence-electron chi connectivity index (χ0n) is 10.9. The van der Waals surface area contributed by atoms with E-state index in [4.69, 9.17) is 11.6 Å². The van der Waals surface area contributed by atoms with Crippen LogP contribution in [0.4, 0.5) is 0 Å². The van der Waals surface area contributed by atoms with E-state index in [-0.39, 0.29) is 4.90 Å². The molecule has 1 aromatic carbocycles. The lowest BCUT2D eigenvalue weighted by Crippen LogP contribution is -2.19. The molecule has 0 saturated heterocycles. The van der Waals surface area contributed by atoms with E-state index in [0.717, 1.165) is 5.82 Å². The van der Waals surface area contributed by atoms with Crippen LogP contribution >= 0.6 is 11.6 Å². The standard InChI is InChI=1S/C12H15ClN4O2S/c1-20(18,19)11-4-2-3-10(13)9(11)7-14-6-5-12-15-8-16-17-12/h2-4,8,14H,5-7H2,1H3,(H,15,16,17). The Morgan fingerprint density at radius 1 is 1.40 bits per heavy atom. The first-order chi connectivity index (χ1) is 9.48. The SMILES string of the molecule is CS(=O)(=O)c1cccc(Cl)c1CNCCc1ncn[nH]1. The van der Waals surface area contributed by atoms with Gasteiger partial charge in [0.25, 0.3) is 0 Å². The number of nitrogens with zero attached hydrogens (tertiary/aromatic N) is 2. The fourth-order valence-electron chi connectivity index (χ4n) is 1.83. The van der Waals surface area contributed by atoms with Gasteiger partial charge in [0.15, 0.2) is 9.84 Å². The summed E-state index contributed by atoms with van der Waals surface area (Å²) < 4.78 is 23.4. The Labute approximate surface area is 122 Å². The topological polar surface area (TPSA) is 87.7 Å². The van der Waals surface area contributed by atoms with Crippen LogP contribution in [0.2, 0.25) is 5.02 Å². The van der Waals surface area contributed by atoms with Gasteiger partial charge in [-0.25, -0.2) is 13.4 Å². The number of nitrogens with one attached hydrogen (secondary N) is 2. The van der Waals surface area contributed by atoms with Gasteiger partial charge >= 0.3 is 0 Å². The Balaban J connectivity index is 2.02. The molecule has 2 aromatic rings. The fourth-order valence-corrected chi connectivity index (χ4v) is 3.08. The average Bonchev–Trinajstić information content (AvgIpc) is 2.88. The Kier molecular flexibility index (Phi) is 4.74. The van der Waals surface area contributed by atoms with Crippen LogP contribution in [0.3, 0.4) is 0 Å². The molecule has 0 fully saturated rings. The Bertz CT molecular complexity index is 671. The molecule has 0 atom stereocenters. The van der Waals surface area contributed by atoms with E-state index in [1.807, 2.05) is 0 Å². The summed E-state index contributed by atoms with van der Waals surface area (Å²) in [5.74, 6) is 0.778. The van der Waals surface area contributed by atoms with E-state index in [1.54, 1.807) is 18.2 Å². The van der Waals surface area contributed by atoms with Gasteiger partial charge in [0.2, 0.25) is 0 Å². The molecule has 6 nitrogen and oxygen atoms in total. The van der Waals surface area contributed by atoms with Gasteiger partial charge < -0.3 is 5.32 Å². The predicted molar refractivity (Wildman–Crippen MR) is 76.4 cm³/mol. The quantitative estimate of drug-likeness (QED) is 0.782. The highest BCUT2D eigenvalue weighted by Crippen LogP contribution is 2.23. The van der Waals surface area contributed by atoms with Gasteiger partial charge in [-0.1, -0.05) is 17.7 Å². The van der Waals surface area contributed by atoms with Crippen LogP contribution in [0.25, 0.3) is 0 Å². The molecule has 0 radical (unpaired) electrons. The highest BCUT2D eigenvalue weighted by Gasteiger charge is 2.15. The van der Waals surface area contributed by atoms with Gasteiger partial charge in [-0.15, -0.1) is 0 Å². The van der Waals surface area contributed by atoms with Gasteiger partial charge in [-0.05, 0) is 12.1 Å². The van der Waals surface area contributed by atoms with Crippen LogP contribution in [0.5, 0.6) is 0 Å². The van der Waals surface area contributed by atoms with Gasteiger partial charge in [0.1, 0.15) is 12.2 Å². The van der Waals surface area contributed by atoms with Crippen molar-refractivity contribution >= 4 is 21.4 Å². The third-order valence-corrected chi connectivity index (χ3v) is 4.32. The molecule has 0 aliphatic heterocycles. The summed E-state index contributed by atoms with van der Waals surface area (Å²) in [7, 11) is -3.29. The third kappa shape index (κ3) is 3.78. The van der Waals surface area contributed by atoms with Crippen molar-refractivity contribution in [1.82, 2.24) is 20.5 Å². The number of aromatic amines is 1. The Hall–Kier alpha value is -1.44. The molecule has 0 amide bonds. The second kappa shape index (κ2) is 6.34. The molecular formula is C12H15ClN4O2S. The van der Waals surface area contributed by atoms with Crippen molar-refractivity contribution in [3.05, 3.63) is 40.9 Å². The molecule has 0 bridgehead atoms. The number of sulfone groups is 1. The highest BCUT2D eigenvalue weighted by atomic mass is 35.5. The van der Waals surface area contributed by atoms with Crippen molar-refractivity contribution in [2.75, 3.05) is 12.8 Å². The van der Waals surface area contributed by atoms with Crippen LogP contribution in [-0.4, -0.2) is 36.4 Å². The monoisotopic (exact) mass is 314 g/mol. The van der Waals surface area contributed by atoms with Crippen LogP contribution < -0.4 is 5.32 Å². The minimum Gasteiger partial charge on any atom is -0.312 e. The molecule has 1 aromatic heterocycles. The van der Waals surface area contributed by atoms with Crippen LogP contribution in [-0.2, 0) is 22.8 Å². The van der Waals surface area contributed by atoms with Crippen molar-refractivity contribution in [1.29, 1.82) is 0 Å². The lowest BCUT2D eigenvalue weighted by atomic mass is 10.2. The predicted octanol–water partition coefficient (Wildman–Crippen LogP) is 1.19. The first kappa shape index (κ1) is 15.0. The van der Waals surface area contributed by atoms with E-state index in [1.165, 1.54) is 12.6 Å². The Morgan fingerprint density at radius 2 is 2.20 bits per heavy atom. The molecule has 0 saturated carbocycles. The largest absolute Gasteiger partial charge is 0.312 e. The molecule has 108 valence electrons. The first-order valence-electron chi connectivity index (χ1n) is 6.01. The fraction of sp³-hybridized carbons (Fsp3) is 0.333. The number of aromatic nitrogens is 3. The number of benzene rings is 1. The molecule has 0 spiro atoms. The lowest BCUT2D eigenvalue weighted by molar-refractivity contribution is 0.598. The van der Waals surface area contributed by atoms with E-state index in [9.17, 15) is 8.42 Å². The maximum absolute atomic E-state index is 11.7. The van der Waals surface area contributed by atoms with E-state index < -0.39 is 9.84 Å². The van der Waals surface area contributed by atoms with Crippen LogP contribution in [0.15, 0.2) is 29.4 Å². The van der Waals surface area contributed by atoms with Crippen molar-refractivity contribution in [2.24, 2.45) is 0 Å². The van der Waals surface area contributed by atoms with E-state index in [2.05, 4.69) is 20.5 Å². The van der Waals surface area contributed by atoms with Gasteiger partial charge in [-0.3, -0.25) is 5.10 Å². The zero-order valence-corrected chi connectivity index (χ0v) is 12.5. The average molecular weight is 315 g/mol. The number of hydrogen-bond donors (Lipinski definition) is 2. The minimum atomic E-state index is -3.29. The summed E-state index contributed by atoms with van der Waals surface area (Å²) in [5, 5.41) is 10.1. The van der Waals surface area contributed by atoms with Crippen LogP contribution in [0.1, 0.15) is 11.4 Å². The van der Waals surface area contributed by atoms with Crippen LogP contribution in [0, 0.1) is 0 Å². The highest BCUT2D eigenvalue weighted by molar-refractivity contribution is 7.90. The molecular weight excluding hydrogens is 300 g/mol. The van der Waals surface area contributed by atoms with Crippen molar-refractivity contribution < 1.29 is 8.42 Å². The molecule has 0 aliphatic rings. The van der Waals surface area contributed by atoms with Gasteiger partial charge in [0, 0.05) is 36.4 Å². The summed E-state index contributed by atoms with van der Waals surface area (Å²) in [5.41, 5.74) is 0.592.